The fourth-order valence-electron chi connectivity index (χ4n) is 2.34. The number of benzene rings is 1. The molecule has 0 atom stereocenters. The first-order valence-electron chi connectivity index (χ1n) is 7.66. The maximum atomic E-state index is 12.8. The van der Waals surface area contributed by atoms with Crippen LogP contribution in [-0.2, 0) is 16.4 Å². The van der Waals surface area contributed by atoms with E-state index in [1.165, 1.54) is 11.3 Å². The van der Waals surface area contributed by atoms with E-state index in [1.54, 1.807) is 6.92 Å². The molecule has 2 heterocycles. The summed E-state index contributed by atoms with van der Waals surface area (Å²) in [4.78, 5) is 0.921. The van der Waals surface area contributed by atoms with Gasteiger partial charge in [0, 0.05) is 4.88 Å². The summed E-state index contributed by atoms with van der Waals surface area (Å²) in [5.41, 5.74) is 3.53. The zero-order valence-corrected chi connectivity index (χ0v) is 17.2. The third-order valence-corrected chi connectivity index (χ3v) is 7.82. The minimum atomic E-state index is -3.76. The summed E-state index contributed by atoms with van der Waals surface area (Å²) in [6.07, 6.45) is 0.620. The molecular formula is C17H17BrN2O3S2. The number of aromatic nitrogens is 1. The molecule has 1 N–H and O–H groups in total. The molecule has 0 aliphatic heterocycles. The summed E-state index contributed by atoms with van der Waals surface area (Å²) in [5, 5.41) is 3.75. The lowest BCUT2D eigenvalue weighted by Gasteiger charge is -2.05. The van der Waals surface area contributed by atoms with Gasteiger partial charge in [-0.2, -0.15) is 0 Å². The van der Waals surface area contributed by atoms with Crippen molar-refractivity contribution >= 4 is 43.2 Å². The number of nitrogens with one attached hydrogen (secondary N) is 1. The van der Waals surface area contributed by atoms with Crippen molar-refractivity contribution in [2.24, 2.45) is 0 Å². The van der Waals surface area contributed by atoms with Crippen molar-refractivity contribution in [3.05, 3.63) is 51.6 Å². The Morgan fingerprint density at radius 1 is 1.24 bits per heavy atom. The first-order chi connectivity index (χ1) is 11.8. The Kier molecular flexibility index (Phi) is 5.04. The largest absolute Gasteiger partial charge is 0.336 e. The van der Waals surface area contributed by atoms with Gasteiger partial charge >= 0.3 is 0 Å². The number of sulfonamides is 1. The van der Waals surface area contributed by atoms with Crippen LogP contribution in [0.4, 0.5) is 5.88 Å². The topological polar surface area (TPSA) is 72.2 Å². The van der Waals surface area contributed by atoms with Crippen molar-refractivity contribution in [1.82, 2.24) is 5.16 Å². The molecule has 0 radical (unpaired) electrons. The fourth-order valence-corrected chi connectivity index (χ4v) is 5.56. The van der Waals surface area contributed by atoms with Gasteiger partial charge in [-0.05, 0) is 53.4 Å². The molecule has 8 heteroatoms. The van der Waals surface area contributed by atoms with Gasteiger partial charge in [0.15, 0.2) is 0 Å². The van der Waals surface area contributed by atoms with Crippen LogP contribution in [0.25, 0.3) is 10.4 Å². The van der Waals surface area contributed by atoms with E-state index in [2.05, 4.69) is 25.8 Å². The lowest BCUT2D eigenvalue weighted by Crippen LogP contribution is -2.12. The van der Waals surface area contributed by atoms with E-state index in [1.807, 2.05) is 44.2 Å². The van der Waals surface area contributed by atoms with Crippen LogP contribution in [0.1, 0.15) is 23.7 Å². The SMILES string of the molecule is CCc1cc(-c2ccc(C)cc2)sc1S(=O)(=O)Nc1onc(C)c1Br. The highest BCUT2D eigenvalue weighted by molar-refractivity contribution is 9.10. The van der Waals surface area contributed by atoms with Crippen molar-refractivity contribution < 1.29 is 12.9 Å². The molecular weight excluding hydrogens is 424 g/mol. The third-order valence-electron chi connectivity index (χ3n) is 3.75. The monoisotopic (exact) mass is 440 g/mol. The molecule has 0 fully saturated rings. The van der Waals surface area contributed by atoms with Gasteiger partial charge in [0.25, 0.3) is 15.9 Å². The molecule has 0 saturated carbocycles. The standard InChI is InChI=1S/C17H17BrN2O3S2/c1-4-12-9-14(13-7-5-10(2)6-8-13)24-17(12)25(21,22)20-16-15(18)11(3)19-23-16/h5-9,20H,4H2,1-3H3. The van der Waals surface area contributed by atoms with Crippen LogP contribution in [0.15, 0.2) is 43.5 Å². The highest BCUT2D eigenvalue weighted by atomic mass is 79.9. The van der Waals surface area contributed by atoms with Crippen LogP contribution in [0.2, 0.25) is 0 Å². The van der Waals surface area contributed by atoms with Gasteiger partial charge in [0.05, 0.1) is 5.69 Å². The smallest absolute Gasteiger partial charge is 0.274 e. The van der Waals surface area contributed by atoms with Gasteiger partial charge in [-0.3, -0.25) is 0 Å². The van der Waals surface area contributed by atoms with Gasteiger partial charge in [0.2, 0.25) is 0 Å². The Morgan fingerprint density at radius 2 is 1.92 bits per heavy atom. The zero-order chi connectivity index (χ0) is 18.2. The predicted molar refractivity (Wildman–Crippen MR) is 104 cm³/mol. The number of hydrogen-bond acceptors (Lipinski definition) is 5. The van der Waals surface area contributed by atoms with Crippen molar-refractivity contribution in [2.45, 2.75) is 31.4 Å². The second-order valence-electron chi connectivity index (χ2n) is 5.66. The van der Waals surface area contributed by atoms with E-state index in [0.29, 0.717) is 20.8 Å². The fraction of sp³-hybridized carbons (Fsp3) is 0.235. The van der Waals surface area contributed by atoms with Crippen molar-refractivity contribution in [3.8, 4) is 10.4 Å². The molecule has 132 valence electrons. The van der Waals surface area contributed by atoms with E-state index < -0.39 is 10.0 Å². The second-order valence-corrected chi connectivity index (χ2v) is 9.38. The minimum absolute atomic E-state index is 0.0878. The van der Waals surface area contributed by atoms with Crippen LogP contribution in [0.5, 0.6) is 0 Å². The predicted octanol–water partition coefficient (Wildman–Crippen LogP) is 5.15. The van der Waals surface area contributed by atoms with Crippen molar-refractivity contribution in [1.29, 1.82) is 0 Å². The number of aryl methyl sites for hydroxylation is 3. The molecule has 1 aromatic carbocycles. The maximum absolute atomic E-state index is 12.8. The number of hydrogen-bond donors (Lipinski definition) is 1. The Bertz CT molecular complexity index is 1010. The highest BCUT2D eigenvalue weighted by Crippen LogP contribution is 2.37. The molecule has 2 aromatic heterocycles. The van der Waals surface area contributed by atoms with E-state index in [0.717, 1.165) is 21.6 Å². The molecule has 5 nitrogen and oxygen atoms in total. The second kappa shape index (κ2) is 6.93. The molecule has 0 bridgehead atoms. The molecule has 0 aliphatic rings. The Balaban J connectivity index is 2.00. The van der Waals surface area contributed by atoms with Gasteiger partial charge in [0.1, 0.15) is 8.68 Å². The van der Waals surface area contributed by atoms with E-state index in [4.69, 9.17) is 4.52 Å². The zero-order valence-electron chi connectivity index (χ0n) is 14.0. The van der Waals surface area contributed by atoms with Crippen LogP contribution < -0.4 is 4.72 Å². The summed E-state index contributed by atoms with van der Waals surface area (Å²) in [6.45, 7) is 5.69. The van der Waals surface area contributed by atoms with Crippen molar-refractivity contribution in [3.63, 3.8) is 0 Å². The van der Waals surface area contributed by atoms with E-state index in [-0.39, 0.29) is 5.88 Å². The number of halogens is 1. The molecule has 0 saturated heterocycles. The summed E-state index contributed by atoms with van der Waals surface area (Å²) in [5.74, 6) is 0.0878. The summed E-state index contributed by atoms with van der Waals surface area (Å²) in [7, 11) is -3.76. The molecule has 0 aliphatic carbocycles. The van der Waals surface area contributed by atoms with Crippen LogP contribution in [-0.4, -0.2) is 13.6 Å². The maximum Gasteiger partial charge on any atom is 0.274 e. The van der Waals surface area contributed by atoms with Gasteiger partial charge in [-0.15, -0.1) is 11.3 Å². The third kappa shape index (κ3) is 3.65. The highest BCUT2D eigenvalue weighted by Gasteiger charge is 2.25. The van der Waals surface area contributed by atoms with Gasteiger partial charge < -0.3 is 4.52 Å². The number of thiophene rings is 1. The Morgan fingerprint density at radius 3 is 2.48 bits per heavy atom. The average Bonchev–Trinajstić information content (AvgIpc) is 3.15. The quantitative estimate of drug-likeness (QED) is 0.595. The molecule has 3 aromatic rings. The van der Waals surface area contributed by atoms with E-state index in [9.17, 15) is 8.42 Å². The Labute approximate surface area is 159 Å². The molecule has 0 spiro atoms. The average molecular weight is 441 g/mol. The van der Waals surface area contributed by atoms with Crippen LogP contribution >= 0.6 is 27.3 Å². The molecule has 3 rings (SSSR count). The number of nitrogens with zero attached hydrogens (tertiary/aromatic N) is 1. The molecule has 0 amide bonds. The van der Waals surface area contributed by atoms with Gasteiger partial charge in [-0.1, -0.05) is 41.9 Å². The first-order valence-corrected chi connectivity index (χ1v) is 10.8. The normalized spacial score (nSPS) is 11.7. The first kappa shape index (κ1) is 18.2. The number of rotatable bonds is 5. The number of anilines is 1. The lowest BCUT2D eigenvalue weighted by atomic mass is 10.1. The molecule has 25 heavy (non-hydrogen) atoms. The van der Waals surface area contributed by atoms with Crippen LogP contribution in [0.3, 0.4) is 0 Å². The lowest BCUT2D eigenvalue weighted by molar-refractivity contribution is 0.430. The van der Waals surface area contributed by atoms with Gasteiger partial charge in [-0.25, -0.2) is 13.1 Å². The van der Waals surface area contributed by atoms with Crippen LogP contribution in [0, 0.1) is 13.8 Å². The molecule has 0 unspecified atom stereocenters. The van der Waals surface area contributed by atoms with E-state index >= 15 is 0 Å². The summed E-state index contributed by atoms with van der Waals surface area (Å²) >= 11 is 4.53. The summed E-state index contributed by atoms with van der Waals surface area (Å²) in [6, 6.07) is 9.97. The van der Waals surface area contributed by atoms with Crippen molar-refractivity contribution in [2.75, 3.05) is 4.72 Å². The summed E-state index contributed by atoms with van der Waals surface area (Å²) < 4.78 is 34.0. The minimum Gasteiger partial charge on any atom is -0.336 e. The Hall–Kier alpha value is -1.64.